The van der Waals surface area contributed by atoms with E-state index in [2.05, 4.69) is 27.2 Å². The zero-order valence-corrected chi connectivity index (χ0v) is 14.7. The van der Waals surface area contributed by atoms with Gasteiger partial charge in [-0.2, -0.15) is 0 Å². The van der Waals surface area contributed by atoms with E-state index >= 15 is 0 Å². The molecule has 6 heteroatoms. The summed E-state index contributed by atoms with van der Waals surface area (Å²) < 4.78 is 5.07. The molecule has 1 aromatic rings. The van der Waals surface area contributed by atoms with E-state index in [1.54, 1.807) is 14.2 Å². The van der Waals surface area contributed by atoms with E-state index in [0.29, 0.717) is 0 Å². The van der Waals surface area contributed by atoms with Crippen LogP contribution in [0.5, 0.6) is 0 Å². The second-order valence-corrected chi connectivity index (χ2v) is 5.69. The molecule has 0 spiro atoms. The Balaban J connectivity index is 2.38. The molecule has 1 aromatic carbocycles. The van der Waals surface area contributed by atoms with Gasteiger partial charge in [-0.1, -0.05) is 23.7 Å². The van der Waals surface area contributed by atoms with E-state index in [1.165, 1.54) is 5.56 Å². The molecule has 0 fully saturated rings. The van der Waals surface area contributed by atoms with Crippen LogP contribution in [0.15, 0.2) is 29.3 Å². The maximum atomic E-state index is 5.91. The summed E-state index contributed by atoms with van der Waals surface area (Å²) in [6.45, 7) is 4.25. The minimum atomic E-state index is 0.752. The highest BCUT2D eigenvalue weighted by atomic mass is 35.5. The predicted octanol–water partition coefficient (Wildman–Crippen LogP) is 1.93. The van der Waals surface area contributed by atoms with E-state index in [9.17, 15) is 0 Å². The fourth-order valence-corrected chi connectivity index (χ4v) is 2.17. The SMILES string of the molecule is CN=C(NCCN(C)CCOC)N(C)Cc1ccc(Cl)cc1. The number of rotatable bonds is 8. The van der Waals surface area contributed by atoms with Gasteiger partial charge in [-0.15, -0.1) is 0 Å². The molecule has 0 atom stereocenters. The van der Waals surface area contributed by atoms with E-state index in [-0.39, 0.29) is 0 Å². The molecule has 22 heavy (non-hydrogen) atoms. The minimum absolute atomic E-state index is 0.752. The average molecular weight is 327 g/mol. The Bertz CT molecular complexity index is 450. The number of aliphatic imine (C=N–C) groups is 1. The van der Waals surface area contributed by atoms with E-state index < -0.39 is 0 Å². The molecule has 0 amide bonds. The summed E-state index contributed by atoms with van der Waals surface area (Å²) in [6, 6.07) is 7.88. The summed E-state index contributed by atoms with van der Waals surface area (Å²) in [7, 11) is 7.63. The molecule has 0 radical (unpaired) electrons. The van der Waals surface area contributed by atoms with Gasteiger partial charge in [0.1, 0.15) is 0 Å². The third-order valence-corrected chi connectivity index (χ3v) is 3.61. The van der Waals surface area contributed by atoms with Crippen LogP contribution >= 0.6 is 11.6 Å². The van der Waals surface area contributed by atoms with Crippen molar-refractivity contribution in [3.63, 3.8) is 0 Å². The van der Waals surface area contributed by atoms with E-state index in [4.69, 9.17) is 16.3 Å². The summed E-state index contributed by atoms with van der Waals surface area (Å²) in [5.41, 5.74) is 1.20. The van der Waals surface area contributed by atoms with Gasteiger partial charge < -0.3 is 19.9 Å². The Hall–Kier alpha value is -1.30. The molecule has 1 N–H and O–H groups in total. The molecule has 0 bridgehead atoms. The van der Waals surface area contributed by atoms with Gasteiger partial charge in [-0.25, -0.2) is 0 Å². The first-order valence-electron chi connectivity index (χ1n) is 7.40. The maximum absolute atomic E-state index is 5.91. The van der Waals surface area contributed by atoms with Crippen LogP contribution in [-0.4, -0.2) is 70.3 Å². The van der Waals surface area contributed by atoms with Gasteiger partial charge in [0.05, 0.1) is 6.61 Å². The molecule has 0 aliphatic rings. The summed E-state index contributed by atoms with van der Waals surface area (Å²) >= 11 is 5.91. The first-order valence-corrected chi connectivity index (χ1v) is 7.78. The molecular weight excluding hydrogens is 300 g/mol. The largest absolute Gasteiger partial charge is 0.383 e. The zero-order valence-electron chi connectivity index (χ0n) is 14.0. The van der Waals surface area contributed by atoms with Gasteiger partial charge in [0, 0.05) is 52.4 Å². The quantitative estimate of drug-likeness (QED) is 0.585. The molecule has 124 valence electrons. The van der Waals surface area contributed by atoms with Crippen LogP contribution in [0.2, 0.25) is 5.02 Å². The van der Waals surface area contributed by atoms with Crippen molar-refractivity contribution in [2.75, 3.05) is 54.5 Å². The van der Waals surface area contributed by atoms with Gasteiger partial charge in [0.2, 0.25) is 0 Å². The fourth-order valence-electron chi connectivity index (χ4n) is 2.04. The lowest BCUT2D eigenvalue weighted by Gasteiger charge is -2.23. The van der Waals surface area contributed by atoms with Crippen molar-refractivity contribution in [2.24, 2.45) is 4.99 Å². The predicted molar refractivity (Wildman–Crippen MR) is 93.7 cm³/mol. The first-order chi connectivity index (χ1) is 10.6. The molecule has 1 rings (SSSR count). The van der Waals surface area contributed by atoms with Crippen LogP contribution < -0.4 is 5.32 Å². The molecule has 0 aliphatic heterocycles. The molecule has 0 aliphatic carbocycles. The van der Waals surface area contributed by atoms with Gasteiger partial charge >= 0.3 is 0 Å². The van der Waals surface area contributed by atoms with Gasteiger partial charge in [-0.05, 0) is 24.7 Å². The smallest absolute Gasteiger partial charge is 0.193 e. The third-order valence-electron chi connectivity index (χ3n) is 3.36. The summed E-state index contributed by atoms with van der Waals surface area (Å²) in [6.07, 6.45) is 0. The maximum Gasteiger partial charge on any atom is 0.193 e. The van der Waals surface area contributed by atoms with Crippen LogP contribution in [0.4, 0.5) is 0 Å². The highest BCUT2D eigenvalue weighted by Crippen LogP contribution is 2.10. The molecule has 0 unspecified atom stereocenters. The zero-order chi connectivity index (χ0) is 16.4. The molecular formula is C16H27ClN4O. The Kier molecular flexibility index (Phi) is 8.89. The Morgan fingerprint density at radius 1 is 1.23 bits per heavy atom. The normalized spacial score (nSPS) is 11.8. The van der Waals surface area contributed by atoms with Crippen LogP contribution in [0.25, 0.3) is 0 Å². The molecule has 0 saturated heterocycles. The van der Waals surface area contributed by atoms with Crippen molar-refractivity contribution in [3.8, 4) is 0 Å². The second kappa shape index (κ2) is 10.4. The van der Waals surface area contributed by atoms with Crippen molar-refractivity contribution in [1.29, 1.82) is 0 Å². The summed E-state index contributed by atoms with van der Waals surface area (Å²) in [5, 5.41) is 4.13. The summed E-state index contributed by atoms with van der Waals surface area (Å²) in [5.74, 6) is 0.884. The number of nitrogens with one attached hydrogen (secondary N) is 1. The fraction of sp³-hybridized carbons (Fsp3) is 0.562. The standard InChI is InChI=1S/C16H27ClN4O/c1-18-16(19-9-10-20(2)11-12-22-4)21(3)13-14-5-7-15(17)8-6-14/h5-8H,9-13H2,1-4H3,(H,18,19). The molecule has 5 nitrogen and oxygen atoms in total. The Morgan fingerprint density at radius 3 is 2.50 bits per heavy atom. The molecule has 0 saturated carbocycles. The lowest BCUT2D eigenvalue weighted by Crippen LogP contribution is -2.42. The first kappa shape index (κ1) is 18.7. The number of hydrogen-bond donors (Lipinski definition) is 1. The van der Waals surface area contributed by atoms with Gasteiger partial charge in [0.15, 0.2) is 5.96 Å². The van der Waals surface area contributed by atoms with Crippen LogP contribution in [0.3, 0.4) is 0 Å². The van der Waals surface area contributed by atoms with Crippen molar-refractivity contribution in [2.45, 2.75) is 6.54 Å². The topological polar surface area (TPSA) is 40.1 Å². The number of likely N-dealkylation sites (N-methyl/N-ethyl adjacent to an activating group) is 1. The number of methoxy groups -OCH3 is 1. The van der Waals surface area contributed by atoms with Crippen molar-refractivity contribution in [1.82, 2.24) is 15.1 Å². The van der Waals surface area contributed by atoms with Crippen molar-refractivity contribution < 1.29 is 4.74 Å². The van der Waals surface area contributed by atoms with Crippen LogP contribution in [0, 0.1) is 0 Å². The lowest BCUT2D eigenvalue weighted by molar-refractivity contribution is 0.162. The lowest BCUT2D eigenvalue weighted by atomic mass is 10.2. The van der Waals surface area contributed by atoms with E-state index in [0.717, 1.165) is 43.8 Å². The Morgan fingerprint density at radius 2 is 1.91 bits per heavy atom. The Labute approximate surface area is 138 Å². The van der Waals surface area contributed by atoms with Crippen LogP contribution in [0.1, 0.15) is 5.56 Å². The summed E-state index contributed by atoms with van der Waals surface area (Å²) in [4.78, 5) is 8.64. The highest BCUT2D eigenvalue weighted by Gasteiger charge is 2.07. The third kappa shape index (κ3) is 7.11. The number of benzene rings is 1. The van der Waals surface area contributed by atoms with Gasteiger partial charge in [-0.3, -0.25) is 4.99 Å². The average Bonchev–Trinajstić information content (AvgIpc) is 2.51. The van der Waals surface area contributed by atoms with E-state index in [1.807, 2.05) is 31.3 Å². The minimum Gasteiger partial charge on any atom is -0.383 e. The second-order valence-electron chi connectivity index (χ2n) is 5.25. The number of ether oxygens (including phenoxy) is 1. The highest BCUT2D eigenvalue weighted by molar-refractivity contribution is 6.30. The number of nitrogens with zero attached hydrogens (tertiary/aromatic N) is 3. The van der Waals surface area contributed by atoms with Crippen molar-refractivity contribution in [3.05, 3.63) is 34.9 Å². The van der Waals surface area contributed by atoms with Crippen LogP contribution in [-0.2, 0) is 11.3 Å². The number of guanidine groups is 1. The molecule has 0 aromatic heterocycles. The van der Waals surface area contributed by atoms with Crippen molar-refractivity contribution >= 4 is 17.6 Å². The number of halogens is 1. The van der Waals surface area contributed by atoms with Gasteiger partial charge in [0.25, 0.3) is 0 Å². The monoisotopic (exact) mass is 326 g/mol. The number of hydrogen-bond acceptors (Lipinski definition) is 3. The molecule has 0 heterocycles.